The topological polar surface area (TPSA) is 17.1 Å². The molecule has 2 heteroatoms. The van der Waals surface area contributed by atoms with Gasteiger partial charge in [0.05, 0.1) is 4.88 Å². The Morgan fingerprint density at radius 2 is 2.14 bits per heavy atom. The quantitative estimate of drug-likeness (QED) is 0.683. The summed E-state index contributed by atoms with van der Waals surface area (Å²) in [5.74, 6) is 0. The van der Waals surface area contributed by atoms with Gasteiger partial charge in [-0.25, -0.2) is 0 Å². The first-order valence-corrected chi connectivity index (χ1v) is 5.54. The molecule has 0 aliphatic rings. The summed E-state index contributed by atoms with van der Waals surface area (Å²) in [7, 11) is 0. The Balaban J connectivity index is 2.77. The van der Waals surface area contributed by atoms with Crippen LogP contribution in [-0.2, 0) is 6.42 Å². The second kappa shape index (κ2) is 3.54. The molecule has 0 unspecified atom stereocenters. The lowest BCUT2D eigenvalue weighted by molar-refractivity contribution is 0.112. The van der Waals surface area contributed by atoms with Crippen LogP contribution in [0.2, 0.25) is 0 Å². The van der Waals surface area contributed by atoms with Crippen LogP contribution in [-0.4, -0.2) is 6.29 Å². The van der Waals surface area contributed by atoms with E-state index in [4.69, 9.17) is 0 Å². The molecule has 0 atom stereocenters. The standard InChI is InChI=1S/C12H12OS/c1-3-9-4-8(2)5-10-6-11(7-13)14-12(9)10/h4-7H,3H2,1-2H3. The van der Waals surface area contributed by atoms with Crippen molar-refractivity contribution in [3.05, 3.63) is 34.2 Å². The van der Waals surface area contributed by atoms with Crippen LogP contribution in [0.4, 0.5) is 0 Å². The van der Waals surface area contributed by atoms with Crippen LogP contribution < -0.4 is 0 Å². The molecule has 2 aromatic rings. The third kappa shape index (κ3) is 1.46. The fraction of sp³-hybridized carbons (Fsp3) is 0.250. The number of carbonyl (C=O) groups is 1. The van der Waals surface area contributed by atoms with E-state index >= 15 is 0 Å². The van der Waals surface area contributed by atoms with Gasteiger partial charge in [0.25, 0.3) is 0 Å². The Bertz CT molecular complexity index is 482. The lowest BCUT2D eigenvalue weighted by Gasteiger charge is -2.00. The smallest absolute Gasteiger partial charge is 0.160 e. The molecule has 1 nitrogen and oxygen atoms in total. The van der Waals surface area contributed by atoms with E-state index in [1.165, 1.54) is 21.2 Å². The van der Waals surface area contributed by atoms with Gasteiger partial charge in [0.15, 0.2) is 6.29 Å². The molecule has 14 heavy (non-hydrogen) atoms. The Morgan fingerprint density at radius 1 is 1.36 bits per heavy atom. The molecule has 0 fully saturated rings. The highest BCUT2D eigenvalue weighted by atomic mass is 32.1. The van der Waals surface area contributed by atoms with Gasteiger partial charge >= 0.3 is 0 Å². The van der Waals surface area contributed by atoms with Gasteiger partial charge in [-0.05, 0) is 30.4 Å². The molecule has 1 heterocycles. The van der Waals surface area contributed by atoms with Crippen molar-refractivity contribution >= 4 is 27.7 Å². The van der Waals surface area contributed by atoms with Crippen LogP contribution in [0.15, 0.2) is 18.2 Å². The zero-order valence-electron chi connectivity index (χ0n) is 8.33. The normalized spacial score (nSPS) is 10.7. The minimum Gasteiger partial charge on any atom is -0.297 e. The molecule has 0 radical (unpaired) electrons. The van der Waals surface area contributed by atoms with Crippen LogP contribution in [0.3, 0.4) is 0 Å². The SMILES string of the molecule is CCc1cc(C)cc2cc(C=O)sc12. The first-order valence-electron chi connectivity index (χ1n) is 4.73. The number of aryl methyl sites for hydroxylation is 2. The number of hydrogen-bond acceptors (Lipinski definition) is 2. The number of aldehydes is 1. The van der Waals surface area contributed by atoms with Gasteiger partial charge in [-0.2, -0.15) is 0 Å². The highest BCUT2D eigenvalue weighted by molar-refractivity contribution is 7.20. The third-order valence-electron chi connectivity index (χ3n) is 2.35. The van der Waals surface area contributed by atoms with Crippen LogP contribution in [0.1, 0.15) is 27.7 Å². The van der Waals surface area contributed by atoms with Crippen molar-refractivity contribution in [1.29, 1.82) is 0 Å². The maximum absolute atomic E-state index is 10.7. The van der Waals surface area contributed by atoms with Gasteiger partial charge in [-0.1, -0.05) is 24.6 Å². The molecule has 0 amide bonds. The van der Waals surface area contributed by atoms with Gasteiger partial charge in [0.1, 0.15) is 0 Å². The van der Waals surface area contributed by atoms with E-state index in [0.29, 0.717) is 0 Å². The average Bonchev–Trinajstić information content (AvgIpc) is 2.59. The monoisotopic (exact) mass is 204 g/mol. The minimum absolute atomic E-state index is 0.820. The predicted octanol–water partition coefficient (Wildman–Crippen LogP) is 3.58. The Morgan fingerprint density at radius 3 is 2.79 bits per heavy atom. The van der Waals surface area contributed by atoms with Crippen molar-refractivity contribution in [1.82, 2.24) is 0 Å². The highest BCUT2D eigenvalue weighted by Crippen LogP contribution is 2.29. The number of benzene rings is 1. The van der Waals surface area contributed by atoms with Crippen molar-refractivity contribution in [3.63, 3.8) is 0 Å². The van der Waals surface area contributed by atoms with Crippen LogP contribution in [0.25, 0.3) is 10.1 Å². The van der Waals surface area contributed by atoms with E-state index in [-0.39, 0.29) is 0 Å². The second-order valence-electron chi connectivity index (χ2n) is 3.46. The van der Waals surface area contributed by atoms with Gasteiger partial charge in [0, 0.05) is 4.70 Å². The molecular formula is C12H12OS. The third-order valence-corrected chi connectivity index (χ3v) is 3.51. The predicted molar refractivity (Wildman–Crippen MR) is 61.3 cm³/mol. The molecular weight excluding hydrogens is 192 g/mol. The Labute approximate surface area is 87.4 Å². The van der Waals surface area contributed by atoms with Crippen molar-refractivity contribution in [2.75, 3.05) is 0 Å². The second-order valence-corrected chi connectivity index (χ2v) is 4.55. The number of fused-ring (bicyclic) bond motifs is 1. The summed E-state index contributed by atoms with van der Waals surface area (Å²) in [5.41, 5.74) is 2.61. The summed E-state index contributed by atoms with van der Waals surface area (Å²) in [6, 6.07) is 6.31. The summed E-state index contributed by atoms with van der Waals surface area (Å²) in [4.78, 5) is 11.5. The Hall–Kier alpha value is -1.15. The van der Waals surface area contributed by atoms with Crippen molar-refractivity contribution < 1.29 is 4.79 Å². The maximum Gasteiger partial charge on any atom is 0.160 e. The Kier molecular flexibility index (Phi) is 2.38. The molecule has 0 bridgehead atoms. The molecule has 1 aromatic carbocycles. The number of hydrogen-bond donors (Lipinski definition) is 0. The first kappa shape index (κ1) is 9.41. The number of thiophene rings is 1. The van der Waals surface area contributed by atoms with E-state index in [9.17, 15) is 4.79 Å². The summed E-state index contributed by atoms with van der Waals surface area (Å²) < 4.78 is 1.26. The largest absolute Gasteiger partial charge is 0.297 e. The van der Waals surface area contributed by atoms with E-state index in [1.807, 2.05) is 6.07 Å². The van der Waals surface area contributed by atoms with Crippen molar-refractivity contribution in [3.8, 4) is 0 Å². The molecule has 0 spiro atoms. The van der Waals surface area contributed by atoms with E-state index in [0.717, 1.165) is 17.6 Å². The molecule has 1 aromatic heterocycles. The van der Waals surface area contributed by atoms with E-state index in [1.54, 1.807) is 11.3 Å². The summed E-state index contributed by atoms with van der Waals surface area (Å²) >= 11 is 1.59. The number of carbonyl (C=O) groups excluding carboxylic acids is 1. The summed E-state index contributed by atoms with van der Waals surface area (Å²) in [6.45, 7) is 4.24. The summed E-state index contributed by atoms with van der Waals surface area (Å²) in [6.07, 6.45) is 1.95. The molecule has 0 saturated carbocycles. The minimum atomic E-state index is 0.820. The van der Waals surface area contributed by atoms with Crippen molar-refractivity contribution in [2.45, 2.75) is 20.3 Å². The lowest BCUT2D eigenvalue weighted by Crippen LogP contribution is -1.81. The summed E-state index contributed by atoms with van der Waals surface area (Å²) in [5, 5.41) is 1.20. The van der Waals surface area contributed by atoms with Crippen LogP contribution in [0, 0.1) is 6.92 Å². The molecule has 0 N–H and O–H groups in total. The van der Waals surface area contributed by atoms with Gasteiger partial charge in [-0.3, -0.25) is 4.79 Å². The number of rotatable bonds is 2. The fourth-order valence-electron chi connectivity index (χ4n) is 1.73. The first-order chi connectivity index (χ1) is 6.74. The van der Waals surface area contributed by atoms with Gasteiger partial charge < -0.3 is 0 Å². The van der Waals surface area contributed by atoms with Crippen molar-refractivity contribution in [2.24, 2.45) is 0 Å². The fourth-order valence-corrected chi connectivity index (χ4v) is 2.77. The lowest BCUT2D eigenvalue weighted by atomic mass is 10.1. The molecule has 72 valence electrons. The zero-order valence-corrected chi connectivity index (χ0v) is 9.15. The average molecular weight is 204 g/mol. The zero-order chi connectivity index (χ0) is 10.1. The van der Waals surface area contributed by atoms with Gasteiger partial charge in [0.2, 0.25) is 0 Å². The molecule has 2 rings (SSSR count). The molecule has 0 saturated heterocycles. The molecule has 0 aliphatic carbocycles. The molecule has 0 aliphatic heterocycles. The van der Waals surface area contributed by atoms with Crippen LogP contribution in [0.5, 0.6) is 0 Å². The van der Waals surface area contributed by atoms with E-state index < -0.39 is 0 Å². The maximum atomic E-state index is 10.7. The highest BCUT2D eigenvalue weighted by Gasteiger charge is 2.05. The van der Waals surface area contributed by atoms with Gasteiger partial charge in [-0.15, -0.1) is 11.3 Å². The van der Waals surface area contributed by atoms with E-state index in [2.05, 4.69) is 26.0 Å². The van der Waals surface area contributed by atoms with Crippen LogP contribution >= 0.6 is 11.3 Å².